The summed E-state index contributed by atoms with van der Waals surface area (Å²) < 4.78 is 0. The summed E-state index contributed by atoms with van der Waals surface area (Å²) in [4.78, 5) is 0. The Labute approximate surface area is 169 Å². The first-order chi connectivity index (χ1) is 12.5. The van der Waals surface area contributed by atoms with Gasteiger partial charge in [-0.3, -0.25) is 0 Å². The van der Waals surface area contributed by atoms with Crippen LogP contribution < -0.4 is 5.73 Å². The van der Waals surface area contributed by atoms with E-state index >= 15 is 0 Å². The third-order valence-corrected chi connectivity index (χ3v) is 5.83. The third kappa shape index (κ3) is 4.99. The molecule has 2 N–H and O–H groups in total. The molecule has 2 unspecified atom stereocenters. The second-order valence-corrected chi connectivity index (χ2v) is 8.07. The summed E-state index contributed by atoms with van der Waals surface area (Å²) in [6.45, 7) is 2.04. The molecule has 4 heteroatoms. The van der Waals surface area contributed by atoms with Crippen molar-refractivity contribution in [2.24, 2.45) is 11.7 Å². The van der Waals surface area contributed by atoms with Crippen LogP contribution in [0.5, 0.6) is 0 Å². The molecule has 0 radical (unpaired) electrons. The summed E-state index contributed by atoms with van der Waals surface area (Å²) in [5, 5.41) is 5.42. The van der Waals surface area contributed by atoms with Gasteiger partial charge in [-0.1, -0.05) is 59.6 Å². The second-order valence-electron chi connectivity index (χ2n) is 6.47. The number of hydrogen-bond acceptors (Lipinski definition) is 2. The molecule has 134 valence electrons. The summed E-state index contributed by atoms with van der Waals surface area (Å²) in [6.07, 6.45) is 5.18. The van der Waals surface area contributed by atoms with E-state index in [1.54, 1.807) is 11.3 Å². The van der Waals surface area contributed by atoms with Crippen LogP contribution in [0.2, 0.25) is 10.0 Å². The average Bonchev–Trinajstić information content (AvgIpc) is 3.16. The first-order valence-corrected chi connectivity index (χ1v) is 10.2. The number of thiophene rings is 1. The highest BCUT2D eigenvalue weighted by molar-refractivity contribution is 7.08. The molecule has 2 atom stereocenters. The number of hydrogen-bond donors (Lipinski definition) is 1. The fraction of sp³-hybridized carbons (Fsp3) is 0.182. The minimum atomic E-state index is 0.0424. The van der Waals surface area contributed by atoms with Gasteiger partial charge >= 0.3 is 0 Å². The van der Waals surface area contributed by atoms with Gasteiger partial charge in [0.15, 0.2) is 0 Å². The molecule has 1 heterocycles. The van der Waals surface area contributed by atoms with E-state index in [-0.39, 0.29) is 12.0 Å². The van der Waals surface area contributed by atoms with Crippen LogP contribution in [0.4, 0.5) is 0 Å². The zero-order chi connectivity index (χ0) is 18.5. The number of halogens is 2. The Kier molecular flexibility index (Phi) is 6.55. The first kappa shape index (κ1) is 19.2. The van der Waals surface area contributed by atoms with Gasteiger partial charge in [0.25, 0.3) is 0 Å². The summed E-state index contributed by atoms with van der Waals surface area (Å²) in [7, 11) is 0. The highest BCUT2D eigenvalue weighted by Crippen LogP contribution is 2.26. The fourth-order valence-corrected chi connectivity index (χ4v) is 3.84. The van der Waals surface area contributed by atoms with E-state index in [9.17, 15) is 0 Å². The van der Waals surface area contributed by atoms with Gasteiger partial charge in [-0.05, 0) is 76.5 Å². The molecule has 0 saturated carbocycles. The largest absolute Gasteiger partial charge is 0.327 e. The Balaban J connectivity index is 1.77. The van der Waals surface area contributed by atoms with Gasteiger partial charge in [-0.25, -0.2) is 0 Å². The molecule has 0 spiro atoms. The molecule has 0 bridgehead atoms. The van der Waals surface area contributed by atoms with Crippen molar-refractivity contribution >= 4 is 40.6 Å². The lowest BCUT2D eigenvalue weighted by molar-refractivity contribution is 0.534. The SMILES string of the molecule is CC(N)C(/C=C/c1cccc(-c2ccsc2)c1)Cc1ccc(Cl)c(Cl)c1. The monoisotopic (exact) mass is 401 g/mol. The van der Waals surface area contributed by atoms with Crippen molar-refractivity contribution in [1.82, 2.24) is 0 Å². The van der Waals surface area contributed by atoms with Gasteiger partial charge in [0.2, 0.25) is 0 Å². The molecule has 0 saturated heterocycles. The molecule has 0 aliphatic rings. The van der Waals surface area contributed by atoms with Gasteiger partial charge in [0.1, 0.15) is 0 Å². The summed E-state index contributed by atoms with van der Waals surface area (Å²) in [5.74, 6) is 0.219. The van der Waals surface area contributed by atoms with E-state index in [1.165, 1.54) is 16.7 Å². The van der Waals surface area contributed by atoms with Crippen molar-refractivity contribution in [3.63, 3.8) is 0 Å². The fourth-order valence-electron chi connectivity index (χ4n) is 2.85. The van der Waals surface area contributed by atoms with Crippen LogP contribution in [0.1, 0.15) is 18.1 Å². The Morgan fingerprint density at radius 2 is 1.88 bits per heavy atom. The van der Waals surface area contributed by atoms with Crippen LogP contribution in [0.15, 0.2) is 65.4 Å². The molecular formula is C22H21Cl2NS. The maximum absolute atomic E-state index is 6.21. The van der Waals surface area contributed by atoms with E-state index in [4.69, 9.17) is 28.9 Å². The van der Waals surface area contributed by atoms with Gasteiger partial charge in [-0.15, -0.1) is 0 Å². The molecule has 2 aromatic carbocycles. The Hall–Kier alpha value is -1.58. The quantitative estimate of drug-likeness (QED) is 0.475. The van der Waals surface area contributed by atoms with Crippen molar-refractivity contribution < 1.29 is 0 Å². The van der Waals surface area contributed by atoms with Crippen LogP contribution in [0.3, 0.4) is 0 Å². The van der Waals surface area contributed by atoms with E-state index in [0.717, 1.165) is 12.0 Å². The van der Waals surface area contributed by atoms with Crippen molar-refractivity contribution in [2.75, 3.05) is 0 Å². The van der Waals surface area contributed by atoms with Crippen LogP contribution in [-0.2, 0) is 6.42 Å². The molecule has 1 nitrogen and oxygen atoms in total. The maximum atomic E-state index is 6.21. The van der Waals surface area contributed by atoms with Gasteiger partial charge in [0.05, 0.1) is 10.0 Å². The molecule has 0 amide bonds. The van der Waals surface area contributed by atoms with Crippen molar-refractivity contribution in [2.45, 2.75) is 19.4 Å². The Morgan fingerprint density at radius 3 is 2.58 bits per heavy atom. The van der Waals surface area contributed by atoms with Gasteiger partial charge < -0.3 is 5.73 Å². The molecule has 3 aromatic rings. The first-order valence-electron chi connectivity index (χ1n) is 8.53. The average molecular weight is 402 g/mol. The van der Waals surface area contributed by atoms with Crippen molar-refractivity contribution in [3.05, 3.63) is 86.5 Å². The molecule has 0 fully saturated rings. The second kappa shape index (κ2) is 8.88. The Morgan fingerprint density at radius 1 is 1.04 bits per heavy atom. The number of benzene rings is 2. The van der Waals surface area contributed by atoms with Crippen LogP contribution in [0.25, 0.3) is 17.2 Å². The standard InChI is InChI=1S/C22H21Cl2NS/c1-15(25)18(12-17-6-8-21(23)22(24)13-17)7-5-16-3-2-4-19(11-16)20-9-10-26-14-20/h2-11,13-15,18H,12,25H2,1H3/b7-5+. The highest BCUT2D eigenvalue weighted by Gasteiger charge is 2.12. The number of rotatable bonds is 6. The lowest BCUT2D eigenvalue weighted by atomic mass is 9.92. The topological polar surface area (TPSA) is 26.0 Å². The normalized spacial score (nSPS) is 13.8. The molecule has 3 rings (SSSR count). The van der Waals surface area contributed by atoms with E-state index in [2.05, 4.69) is 53.2 Å². The lowest BCUT2D eigenvalue weighted by Crippen LogP contribution is -2.26. The molecule has 0 aliphatic carbocycles. The zero-order valence-corrected chi connectivity index (χ0v) is 16.9. The van der Waals surface area contributed by atoms with Gasteiger partial charge in [-0.2, -0.15) is 11.3 Å². The van der Waals surface area contributed by atoms with Gasteiger partial charge in [0, 0.05) is 6.04 Å². The summed E-state index contributed by atoms with van der Waals surface area (Å²) in [5.41, 5.74) is 11.0. The van der Waals surface area contributed by atoms with Crippen molar-refractivity contribution in [3.8, 4) is 11.1 Å². The van der Waals surface area contributed by atoms with E-state index in [0.29, 0.717) is 10.0 Å². The Bertz CT molecular complexity index is 885. The lowest BCUT2D eigenvalue weighted by Gasteiger charge is -2.17. The molecule has 0 aliphatic heterocycles. The van der Waals surface area contributed by atoms with E-state index in [1.807, 2.05) is 25.1 Å². The van der Waals surface area contributed by atoms with Crippen LogP contribution in [0, 0.1) is 5.92 Å². The zero-order valence-electron chi connectivity index (χ0n) is 14.5. The van der Waals surface area contributed by atoms with Crippen molar-refractivity contribution in [1.29, 1.82) is 0 Å². The summed E-state index contributed by atoms with van der Waals surface area (Å²) >= 11 is 13.9. The maximum Gasteiger partial charge on any atom is 0.0595 e. The smallest absolute Gasteiger partial charge is 0.0595 e. The minimum absolute atomic E-state index is 0.0424. The number of nitrogens with two attached hydrogens (primary N) is 1. The highest BCUT2D eigenvalue weighted by atomic mass is 35.5. The minimum Gasteiger partial charge on any atom is -0.327 e. The van der Waals surface area contributed by atoms with E-state index < -0.39 is 0 Å². The third-order valence-electron chi connectivity index (χ3n) is 4.41. The predicted octanol–water partition coefficient (Wildman–Crippen LogP) is 6.94. The van der Waals surface area contributed by atoms with Crippen LogP contribution >= 0.6 is 34.5 Å². The van der Waals surface area contributed by atoms with Crippen LogP contribution in [-0.4, -0.2) is 6.04 Å². The molecule has 1 aromatic heterocycles. The molecular weight excluding hydrogens is 381 g/mol. The predicted molar refractivity (Wildman–Crippen MR) is 116 cm³/mol. The summed E-state index contributed by atoms with van der Waals surface area (Å²) in [6, 6.07) is 16.5. The molecule has 26 heavy (non-hydrogen) atoms.